The van der Waals surface area contributed by atoms with Crippen LogP contribution in [-0.4, -0.2) is 46.9 Å². The zero-order valence-electron chi connectivity index (χ0n) is 11.6. The van der Waals surface area contributed by atoms with Crippen molar-refractivity contribution >= 4 is 23.2 Å². The molecular weight excluding hydrogens is 284 g/mol. The van der Waals surface area contributed by atoms with Crippen molar-refractivity contribution in [1.29, 1.82) is 0 Å². The molecule has 0 fully saturated rings. The first-order chi connectivity index (χ1) is 9.32. The summed E-state index contributed by atoms with van der Waals surface area (Å²) in [4.78, 5) is 27.8. The summed E-state index contributed by atoms with van der Waals surface area (Å²) in [6, 6.07) is 1.55. The fraction of sp³-hybridized carbons (Fsp3) is 0.500. The zero-order chi connectivity index (χ0) is 15.3. The van der Waals surface area contributed by atoms with Crippen LogP contribution in [0.15, 0.2) is 12.3 Å². The van der Waals surface area contributed by atoms with Crippen LogP contribution in [0.5, 0.6) is 0 Å². The molecule has 0 bridgehead atoms. The monoisotopic (exact) mass is 300 g/mol. The minimum Gasteiger partial charge on any atom is -0.351 e. The molecular formula is C12H17ClN4O3. The maximum atomic E-state index is 12.0. The van der Waals surface area contributed by atoms with Gasteiger partial charge in [-0.15, -0.1) is 0 Å². The Morgan fingerprint density at radius 2 is 2.25 bits per heavy atom. The summed E-state index contributed by atoms with van der Waals surface area (Å²) >= 11 is 5.67. The Morgan fingerprint density at radius 3 is 2.80 bits per heavy atom. The average molecular weight is 301 g/mol. The number of halogens is 1. The van der Waals surface area contributed by atoms with Gasteiger partial charge < -0.3 is 10.2 Å². The van der Waals surface area contributed by atoms with Gasteiger partial charge in [-0.25, -0.2) is 4.98 Å². The summed E-state index contributed by atoms with van der Waals surface area (Å²) in [5, 5.41) is 13.5. The number of likely N-dealkylation sites (N-methyl/N-ethyl adjacent to an activating group) is 1. The lowest BCUT2D eigenvalue weighted by Gasteiger charge is -2.20. The Morgan fingerprint density at radius 1 is 1.60 bits per heavy atom. The van der Waals surface area contributed by atoms with Gasteiger partial charge in [-0.2, -0.15) is 0 Å². The number of nitro groups is 1. The summed E-state index contributed by atoms with van der Waals surface area (Å²) < 4.78 is 0. The van der Waals surface area contributed by atoms with Crippen molar-refractivity contribution in [3.8, 4) is 0 Å². The normalized spacial score (nSPS) is 10.9. The highest BCUT2D eigenvalue weighted by Gasteiger charge is 2.21. The van der Waals surface area contributed by atoms with E-state index in [9.17, 15) is 14.9 Å². The molecule has 0 aliphatic heterocycles. The van der Waals surface area contributed by atoms with Crippen molar-refractivity contribution in [2.75, 3.05) is 20.1 Å². The molecule has 0 saturated carbocycles. The van der Waals surface area contributed by atoms with Gasteiger partial charge >= 0.3 is 0 Å². The standard InChI is InChI=1S/C12H17ClN4O3/c1-8(2)16(3)5-4-14-12(18)9-6-11(13)15-7-10(9)17(19)20/h6-8H,4-5H2,1-3H3,(H,14,18). The number of hydrogen-bond donors (Lipinski definition) is 1. The van der Waals surface area contributed by atoms with E-state index in [0.717, 1.165) is 6.20 Å². The number of aromatic nitrogens is 1. The molecule has 0 spiro atoms. The Hall–Kier alpha value is -1.73. The van der Waals surface area contributed by atoms with Gasteiger partial charge in [0.25, 0.3) is 11.6 Å². The molecule has 7 nitrogen and oxygen atoms in total. The van der Waals surface area contributed by atoms with E-state index in [0.29, 0.717) is 19.1 Å². The van der Waals surface area contributed by atoms with Crippen LogP contribution in [-0.2, 0) is 0 Å². The highest BCUT2D eigenvalue weighted by Crippen LogP contribution is 2.20. The van der Waals surface area contributed by atoms with Gasteiger partial charge in [0.15, 0.2) is 0 Å². The van der Waals surface area contributed by atoms with Crippen molar-refractivity contribution in [2.45, 2.75) is 19.9 Å². The van der Waals surface area contributed by atoms with Gasteiger partial charge in [0.2, 0.25) is 0 Å². The Bertz CT molecular complexity index is 507. The molecule has 1 rings (SSSR count). The summed E-state index contributed by atoms with van der Waals surface area (Å²) in [6.07, 6.45) is 0.984. The summed E-state index contributed by atoms with van der Waals surface area (Å²) in [5.41, 5.74) is -0.439. The first-order valence-corrected chi connectivity index (χ1v) is 6.49. The third-order valence-corrected chi connectivity index (χ3v) is 3.13. The predicted octanol–water partition coefficient (Wildman–Crippen LogP) is 1.71. The Balaban J connectivity index is 2.72. The molecule has 1 N–H and O–H groups in total. The number of rotatable bonds is 6. The smallest absolute Gasteiger partial charge is 0.300 e. The molecule has 110 valence electrons. The number of carbonyl (C=O) groups excluding carboxylic acids is 1. The number of amides is 1. The number of nitrogens with one attached hydrogen (secondary N) is 1. The molecule has 1 aromatic rings. The lowest BCUT2D eigenvalue weighted by atomic mass is 10.2. The van der Waals surface area contributed by atoms with Crippen LogP contribution in [0.3, 0.4) is 0 Å². The van der Waals surface area contributed by atoms with Crippen molar-refractivity contribution in [1.82, 2.24) is 15.2 Å². The highest BCUT2D eigenvalue weighted by atomic mass is 35.5. The van der Waals surface area contributed by atoms with Crippen LogP contribution in [0.1, 0.15) is 24.2 Å². The molecule has 0 aromatic carbocycles. The summed E-state index contributed by atoms with van der Waals surface area (Å²) in [5.74, 6) is -0.529. The van der Waals surface area contributed by atoms with Crippen LogP contribution in [0, 0.1) is 10.1 Å². The first kappa shape index (κ1) is 16.3. The van der Waals surface area contributed by atoms with E-state index in [1.807, 2.05) is 25.8 Å². The van der Waals surface area contributed by atoms with Gasteiger partial charge in [-0.1, -0.05) is 11.6 Å². The first-order valence-electron chi connectivity index (χ1n) is 6.11. The molecule has 0 unspecified atom stereocenters. The molecule has 8 heteroatoms. The average Bonchev–Trinajstić information content (AvgIpc) is 2.37. The van der Waals surface area contributed by atoms with E-state index in [4.69, 9.17) is 11.6 Å². The van der Waals surface area contributed by atoms with E-state index in [1.54, 1.807) is 0 Å². The maximum absolute atomic E-state index is 12.0. The van der Waals surface area contributed by atoms with Crippen molar-refractivity contribution in [2.24, 2.45) is 0 Å². The summed E-state index contributed by atoms with van der Waals surface area (Å²) in [6.45, 7) is 5.12. The van der Waals surface area contributed by atoms with Gasteiger partial charge in [-0.3, -0.25) is 14.9 Å². The van der Waals surface area contributed by atoms with Crippen LogP contribution < -0.4 is 5.32 Å². The van der Waals surface area contributed by atoms with Gasteiger partial charge in [0.05, 0.1) is 4.92 Å². The number of nitrogens with zero attached hydrogens (tertiary/aromatic N) is 3. The molecule has 0 radical (unpaired) electrons. The molecule has 0 saturated heterocycles. The molecule has 1 aromatic heterocycles. The van der Waals surface area contributed by atoms with Crippen LogP contribution >= 0.6 is 11.6 Å². The van der Waals surface area contributed by atoms with Crippen LogP contribution in [0.25, 0.3) is 0 Å². The third-order valence-electron chi connectivity index (χ3n) is 2.92. The third kappa shape index (κ3) is 4.43. The fourth-order valence-corrected chi connectivity index (χ4v) is 1.61. The molecule has 0 aliphatic rings. The second-order valence-corrected chi connectivity index (χ2v) is 5.00. The molecule has 0 aliphatic carbocycles. The van der Waals surface area contributed by atoms with Crippen molar-refractivity contribution < 1.29 is 9.72 Å². The maximum Gasteiger partial charge on any atom is 0.300 e. The van der Waals surface area contributed by atoms with E-state index >= 15 is 0 Å². The predicted molar refractivity (Wildman–Crippen MR) is 76.0 cm³/mol. The fourth-order valence-electron chi connectivity index (χ4n) is 1.45. The zero-order valence-corrected chi connectivity index (χ0v) is 12.3. The second kappa shape index (κ2) is 7.16. The SMILES string of the molecule is CC(C)N(C)CCNC(=O)c1cc(Cl)ncc1[N+](=O)[O-]. The van der Waals surface area contributed by atoms with Gasteiger partial charge in [0.1, 0.15) is 16.9 Å². The topological polar surface area (TPSA) is 88.4 Å². The number of carbonyl (C=O) groups is 1. The number of pyridine rings is 1. The van der Waals surface area contributed by atoms with Crippen LogP contribution in [0.2, 0.25) is 5.15 Å². The van der Waals surface area contributed by atoms with E-state index < -0.39 is 10.8 Å². The molecule has 1 heterocycles. The van der Waals surface area contributed by atoms with Crippen LogP contribution in [0.4, 0.5) is 5.69 Å². The molecule has 0 atom stereocenters. The summed E-state index contributed by atoms with van der Waals surface area (Å²) in [7, 11) is 1.93. The number of hydrogen-bond acceptors (Lipinski definition) is 5. The lowest BCUT2D eigenvalue weighted by Crippen LogP contribution is -2.36. The van der Waals surface area contributed by atoms with Gasteiger partial charge in [0, 0.05) is 19.1 Å². The molecule has 20 heavy (non-hydrogen) atoms. The lowest BCUT2D eigenvalue weighted by molar-refractivity contribution is -0.385. The van der Waals surface area contributed by atoms with E-state index in [2.05, 4.69) is 10.3 Å². The highest BCUT2D eigenvalue weighted by molar-refractivity contribution is 6.29. The van der Waals surface area contributed by atoms with E-state index in [-0.39, 0.29) is 16.4 Å². The largest absolute Gasteiger partial charge is 0.351 e. The second-order valence-electron chi connectivity index (χ2n) is 4.61. The molecule has 1 amide bonds. The minimum absolute atomic E-state index is 0.0417. The van der Waals surface area contributed by atoms with Gasteiger partial charge in [-0.05, 0) is 27.0 Å². The Kier molecular flexibility index (Phi) is 5.84. The van der Waals surface area contributed by atoms with Crippen molar-refractivity contribution in [3.05, 3.63) is 33.1 Å². The minimum atomic E-state index is -0.654. The Labute approximate surface area is 122 Å². The van der Waals surface area contributed by atoms with E-state index in [1.165, 1.54) is 6.07 Å². The quantitative estimate of drug-likeness (QED) is 0.491. The van der Waals surface area contributed by atoms with Crippen molar-refractivity contribution in [3.63, 3.8) is 0 Å².